The van der Waals surface area contributed by atoms with Crippen molar-refractivity contribution in [2.75, 3.05) is 0 Å². The van der Waals surface area contributed by atoms with Gasteiger partial charge < -0.3 is 30.6 Å². The van der Waals surface area contributed by atoms with Crippen molar-refractivity contribution in [3.63, 3.8) is 0 Å². The molecule has 2 aromatic carbocycles. The molecule has 34 heavy (non-hydrogen) atoms. The maximum absolute atomic E-state index is 10.0. The number of benzene rings is 2. The first-order valence-electron chi connectivity index (χ1n) is 12.7. The number of unbranched alkanes of at least 4 members (excludes halogenated alkanes) is 6. The van der Waals surface area contributed by atoms with Crippen LogP contribution in [0.5, 0.6) is 34.5 Å². The van der Waals surface area contributed by atoms with Crippen LogP contribution in [0.25, 0.3) is 0 Å². The highest BCUT2D eigenvalue weighted by molar-refractivity contribution is 5.52. The smallest absolute Gasteiger partial charge is 0.200 e. The van der Waals surface area contributed by atoms with Crippen molar-refractivity contribution in [2.24, 2.45) is 11.8 Å². The van der Waals surface area contributed by atoms with Gasteiger partial charge in [0.15, 0.2) is 34.5 Å². The van der Waals surface area contributed by atoms with E-state index >= 15 is 0 Å². The Morgan fingerprint density at radius 3 is 1.21 bits per heavy atom. The number of aromatic hydroxyl groups is 6. The number of phenols is 6. The molecule has 2 aromatic rings. The van der Waals surface area contributed by atoms with Crippen molar-refractivity contribution in [3.8, 4) is 34.5 Å². The fourth-order valence-electron chi connectivity index (χ4n) is 4.84. The molecule has 0 bridgehead atoms. The monoisotopic (exact) mass is 474 g/mol. The maximum Gasteiger partial charge on any atom is 0.200 e. The van der Waals surface area contributed by atoms with E-state index in [4.69, 9.17) is 0 Å². The second-order valence-electron chi connectivity index (χ2n) is 9.59. The van der Waals surface area contributed by atoms with Crippen LogP contribution in [0.15, 0.2) is 24.3 Å². The van der Waals surface area contributed by atoms with Crippen LogP contribution in [0.2, 0.25) is 0 Å². The molecule has 0 radical (unpaired) electrons. The summed E-state index contributed by atoms with van der Waals surface area (Å²) in [6.07, 6.45) is 12.4. The first-order valence-corrected chi connectivity index (χ1v) is 12.7. The second kappa shape index (κ2) is 13.8. The third kappa shape index (κ3) is 8.23. The van der Waals surface area contributed by atoms with Gasteiger partial charge in [0.1, 0.15) is 0 Å². The predicted octanol–water partition coefficient (Wildman–Crippen LogP) is 6.88. The van der Waals surface area contributed by atoms with Crippen molar-refractivity contribution in [1.82, 2.24) is 0 Å². The lowest BCUT2D eigenvalue weighted by Gasteiger charge is -2.28. The minimum Gasteiger partial charge on any atom is -0.504 e. The zero-order chi connectivity index (χ0) is 25.1. The van der Waals surface area contributed by atoms with E-state index in [1.165, 1.54) is 43.5 Å². The van der Waals surface area contributed by atoms with Crippen LogP contribution >= 0.6 is 0 Å². The molecule has 6 nitrogen and oxygen atoms in total. The highest BCUT2D eigenvalue weighted by Gasteiger charge is 2.24. The lowest BCUT2D eigenvalue weighted by atomic mass is 9.77. The molecule has 0 fully saturated rings. The number of hydrogen-bond donors (Lipinski definition) is 6. The van der Waals surface area contributed by atoms with Crippen molar-refractivity contribution < 1.29 is 30.6 Å². The van der Waals surface area contributed by atoms with Gasteiger partial charge in [-0.25, -0.2) is 0 Å². The van der Waals surface area contributed by atoms with Crippen molar-refractivity contribution in [3.05, 3.63) is 35.4 Å². The Balaban J connectivity index is 2.29. The number of hydrogen-bond acceptors (Lipinski definition) is 6. The fraction of sp³-hybridized carbons (Fsp3) is 0.571. The topological polar surface area (TPSA) is 121 Å². The van der Waals surface area contributed by atoms with Gasteiger partial charge in [0, 0.05) is 0 Å². The third-order valence-corrected chi connectivity index (χ3v) is 6.78. The molecule has 0 unspecified atom stereocenters. The second-order valence-corrected chi connectivity index (χ2v) is 9.59. The molecular weight excluding hydrogens is 432 g/mol. The standard InChI is InChI=1S/C28H42O6/c1-3-5-7-8-10-12-22(14-20-17-25(31)28(34)26(32)18-20)21(11-9-6-4-2)13-19-15-23(29)27(33)24(30)16-19/h15-18,21-22,29-34H,3-14H2,1-2H3/t21-,22-/m0/s1. The largest absolute Gasteiger partial charge is 0.504 e. The average molecular weight is 475 g/mol. The summed E-state index contributed by atoms with van der Waals surface area (Å²) in [5, 5.41) is 59.5. The van der Waals surface area contributed by atoms with Gasteiger partial charge in [-0.2, -0.15) is 0 Å². The summed E-state index contributed by atoms with van der Waals surface area (Å²) in [5.74, 6) is -1.82. The highest BCUT2D eigenvalue weighted by Crippen LogP contribution is 2.40. The molecule has 190 valence electrons. The molecule has 0 saturated carbocycles. The van der Waals surface area contributed by atoms with Crippen molar-refractivity contribution in [1.29, 1.82) is 0 Å². The predicted molar refractivity (Wildman–Crippen MR) is 135 cm³/mol. The zero-order valence-corrected chi connectivity index (χ0v) is 20.6. The zero-order valence-electron chi connectivity index (χ0n) is 20.6. The minimum atomic E-state index is -0.506. The van der Waals surface area contributed by atoms with Gasteiger partial charge in [-0.05, 0) is 72.9 Å². The van der Waals surface area contributed by atoms with Crippen LogP contribution < -0.4 is 0 Å². The average Bonchev–Trinajstić information content (AvgIpc) is 2.79. The van der Waals surface area contributed by atoms with Crippen LogP contribution in [0.1, 0.15) is 89.2 Å². The van der Waals surface area contributed by atoms with Crippen LogP contribution in [0, 0.1) is 11.8 Å². The fourth-order valence-corrected chi connectivity index (χ4v) is 4.84. The molecule has 6 N–H and O–H groups in total. The van der Waals surface area contributed by atoms with E-state index in [0.29, 0.717) is 12.8 Å². The van der Waals surface area contributed by atoms with Gasteiger partial charge in [-0.15, -0.1) is 0 Å². The van der Waals surface area contributed by atoms with Gasteiger partial charge in [-0.3, -0.25) is 0 Å². The molecule has 2 atom stereocenters. The Bertz CT molecular complexity index is 848. The molecule has 0 saturated heterocycles. The van der Waals surface area contributed by atoms with E-state index in [2.05, 4.69) is 13.8 Å². The molecule has 0 aliphatic carbocycles. The summed E-state index contributed by atoms with van der Waals surface area (Å²) in [6.45, 7) is 4.36. The first kappa shape index (κ1) is 27.5. The Morgan fingerprint density at radius 2 is 0.824 bits per heavy atom. The summed E-state index contributed by atoms with van der Waals surface area (Å²) >= 11 is 0. The van der Waals surface area contributed by atoms with Crippen LogP contribution in [0.4, 0.5) is 0 Å². The minimum absolute atomic E-state index is 0.249. The van der Waals surface area contributed by atoms with Crippen molar-refractivity contribution in [2.45, 2.75) is 90.9 Å². The molecule has 6 heteroatoms. The van der Waals surface area contributed by atoms with Gasteiger partial charge in [0.2, 0.25) is 0 Å². The lowest BCUT2D eigenvalue weighted by molar-refractivity contribution is 0.273. The molecule has 0 heterocycles. The lowest BCUT2D eigenvalue weighted by Crippen LogP contribution is -2.20. The maximum atomic E-state index is 10.0. The van der Waals surface area contributed by atoms with E-state index < -0.39 is 11.5 Å². The summed E-state index contributed by atoms with van der Waals surface area (Å²) in [5.41, 5.74) is 1.53. The summed E-state index contributed by atoms with van der Waals surface area (Å²) in [4.78, 5) is 0. The summed E-state index contributed by atoms with van der Waals surface area (Å²) in [6, 6.07) is 6.05. The molecule has 2 rings (SSSR count). The van der Waals surface area contributed by atoms with Crippen LogP contribution in [-0.4, -0.2) is 30.6 Å². The van der Waals surface area contributed by atoms with Gasteiger partial charge in [0.25, 0.3) is 0 Å². The third-order valence-electron chi connectivity index (χ3n) is 6.78. The Morgan fingerprint density at radius 1 is 0.500 bits per heavy atom. The Kier molecular flexibility index (Phi) is 11.2. The van der Waals surface area contributed by atoms with E-state index in [-0.39, 0.29) is 34.8 Å². The van der Waals surface area contributed by atoms with Crippen molar-refractivity contribution >= 4 is 0 Å². The molecule has 0 aromatic heterocycles. The van der Waals surface area contributed by atoms with Crippen LogP contribution in [-0.2, 0) is 12.8 Å². The highest BCUT2D eigenvalue weighted by atomic mass is 16.3. The van der Waals surface area contributed by atoms with Gasteiger partial charge in [0.05, 0.1) is 0 Å². The van der Waals surface area contributed by atoms with E-state index in [1.807, 2.05) is 0 Å². The summed E-state index contributed by atoms with van der Waals surface area (Å²) < 4.78 is 0. The number of phenolic OH excluding ortho intramolecular Hbond substituents is 6. The summed E-state index contributed by atoms with van der Waals surface area (Å²) in [7, 11) is 0. The molecule has 0 aliphatic heterocycles. The van der Waals surface area contributed by atoms with Gasteiger partial charge >= 0.3 is 0 Å². The number of rotatable bonds is 15. The normalized spacial score (nSPS) is 13.1. The first-order chi connectivity index (χ1) is 16.3. The van der Waals surface area contributed by atoms with E-state index in [9.17, 15) is 30.6 Å². The molecular formula is C28H42O6. The Labute approximate surface area is 203 Å². The molecule has 0 amide bonds. The Hall–Kier alpha value is -2.76. The molecule has 0 aliphatic rings. The van der Waals surface area contributed by atoms with E-state index in [1.54, 1.807) is 0 Å². The SMILES string of the molecule is CCCCCCC[C@@H](Cc1cc(O)c(O)c(O)c1)[C@@H](CCCCC)Cc1cc(O)c(O)c(O)c1. The van der Waals surface area contributed by atoms with Crippen LogP contribution in [0.3, 0.4) is 0 Å². The quantitative estimate of drug-likeness (QED) is 0.124. The van der Waals surface area contributed by atoms with E-state index in [0.717, 1.165) is 56.1 Å². The molecule has 0 spiro atoms. The van der Waals surface area contributed by atoms with Gasteiger partial charge in [-0.1, -0.05) is 65.2 Å².